The maximum absolute atomic E-state index is 12.2. The van der Waals surface area contributed by atoms with E-state index in [0.29, 0.717) is 37.8 Å². The van der Waals surface area contributed by atoms with E-state index < -0.39 is 0 Å². The lowest BCUT2D eigenvalue weighted by atomic mass is 10.2. The van der Waals surface area contributed by atoms with Crippen LogP contribution in [0.3, 0.4) is 0 Å². The van der Waals surface area contributed by atoms with Gasteiger partial charge in [0, 0.05) is 45.4 Å². The highest BCUT2D eigenvalue weighted by Gasteiger charge is 2.24. The molecule has 1 amide bonds. The van der Waals surface area contributed by atoms with Crippen molar-refractivity contribution in [3.05, 3.63) is 30.0 Å². The van der Waals surface area contributed by atoms with Gasteiger partial charge >= 0.3 is 6.01 Å². The van der Waals surface area contributed by atoms with Crippen LogP contribution in [0.5, 0.6) is 0 Å². The minimum absolute atomic E-state index is 0.163. The zero-order chi connectivity index (χ0) is 15.4. The summed E-state index contributed by atoms with van der Waals surface area (Å²) >= 11 is 0. The topological polar surface area (TPSA) is 75.6 Å². The van der Waals surface area contributed by atoms with Gasteiger partial charge in [-0.3, -0.25) is 4.79 Å². The zero-order valence-corrected chi connectivity index (χ0v) is 12.7. The molecule has 0 bridgehead atoms. The molecular formula is C15H20N4O3. The van der Waals surface area contributed by atoms with E-state index in [-0.39, 0.29) is 5.91 Å². The maximum atomic E-state index is 12.2. The van der Waals surface area contributed by atoms with Crippen molar-refractivity contribution in [1.29, 1.82) is 0 Å². The lowest BCUT2D eigenvalue weighted by Crippen LogP contribution is -2.49. The predicted octanol–water partition coefficient (Wildman–Crippen LogP) is 1.51. The quantitative estimate of drug-likeness (QED) is 0.833. The molecule has 1 aliphatic heterocycles. The predicted molar refractivity (Wildman–Crippen MR) is 79.5 cm³/mol. The van der Waals surface area contributed by atoms with Gasteiger partial charge in [0.25, 0.3) is 0 Å². The summed E-state index contributed by atoms with van der Waals surface area (Å²) in [6, 6.07) is 4.29. The molecule has 1 fully saturated rings. The lowest BCUT2D eigenvalue weighted by Gasteiger charge is -2.33. The van der Waals surface area contributed by atoms with Crippen molar-refractivity contribution in [3.63, 3.8) is 0 Å². The molecule has 0 unspecified atom stereocenters. The number of amides is 1. The highest BCUT2D eigenvalue weighted by molar-refractivity contribution is 5.76. The van der Waals surface area contributed by atoms with Gasteiger partial charge in [-0.15, -0.1) is 5.10 Å². The van der Waals surface area contributed by atoms with Crippen molar-refractivity contribution < 1.29 is 13.6 Å². The number of hydrogen-bond acceptors (Lipinski definition) is 6. The number of aromatic nitrogens is 2. The van der Waals surface area contributed by atoms with Crippen molar-refractivity contribution >= 4 is 11.9 Å². The number of carbonyl (C=O) groups excluding carboxylic acids is 1. The monoisotopic (exact) mass is 304 g/mol. The Bertz CT molecular complexity index is 600. The molecule has 1 saturated heterocycles. The SMILES string of the molecule is CCc1nnc(N2CCN(C(=O)CCc3ccco3)CC2)o1. The summed E-state index contributed by atoms with van der Waals surface area (Å²) in [5.41, 5.74) is 0. The molecule has 3 rings (SSSR count). The molecule has 0 saturated carbocycles. The molecule has 0 aromatic carbocycles. The number of hydrogen-bond donors (Lipinski definition) is 0. The van der Waals surface area contributed by atoms with Crippen LogP contribution in [0.1, 0.15) is 25.0 Å². The summed E-state index contributed by atoms with van der Waals surface area (Å²) in [7, 11) is 0. The summed E-state index contributed by atoms with van der Waals surface area (Å²) in [4.78, 5) is 16.1. The molecule has 22 heavy (non-hydrogen) atoms. The Kier molecular flexibility index (Phi) is 4.41. The van der Waals surface area contributed by atoms with Gasteiger partial charge in [-0.1, -0.05) is 12.0 Å². The van der Waals surface area contributed by atoms with Crippen molar-refractivity contribution in [2.24, 2.45) is 0 Å². The van der Waals surface area contributed by atoms with Gasteiger partial charge in [-0.25, -0.2) is 0 Å². The van der Waals surface area contributed by atoms with Gasteiger partial charge < -0.3 is 18.6 Å². The molecular weight excluding hydrogens is 284 g/mol. The van der Waals surface area contributed by atoms with Gasteiger partial charge in [0.1, 0.15) is 5.76 Å². The second kappa shape index (κ2) is 6.64. The van der Waals surface area contributed by atoms with E-state index in [1.54, 1.807) is 6.26 Å². The Morgan fingerprint density at radius 1 is 1.27 bits per heavy atom. The molecule has 0 radical (unpaired) electrons. The molecule has 3 heterocycles. The third kappa shape index (κ3) is 3.29. The van der Waals surface area contributed by atoms with Gasteiger partial charge in [-0.2, -0.15) is 0 Å². The maximum Gasteiger partial charge on any atom is 0.318 e. The second-order valence-electron chi connectivity index (χ2n) is 5.28. The summed E-state index contributed by atoms with van der Waals surface area (Å²) < 4.78 is 10.8. The van der Waals surface area contributed by atoms with Crippen molar-refractivity contribution in [2.45, 2.75) is 26.2 Å². The van der Waals surface area contributed by atoms with E-state index in [2.05, 4.69) is 10.2 Å². The van der Waals surface area contributed by atoms with Crippen LogP contribution in [0, 0.1) is 0 Å². The Balaban J connectivity index is 1.47. The van der Waals surface area contributed by atoms with Gasteiger partial charge in [0.2, 0.25) is 11.8 Å². The van der Waals surface area contributed by atoms with Crippen molar-refractivity contribution in [3.8, 4) is 0 Å². The summed E-state index contributed by atoms with van der Waals surface area (Å²) in [6.07, 6.45) is 3.50. The third-order valence-corrected chi connectivity index (χ3v) is 3.83. The average molecular weight is 304 g/mol. The molecule has 118 valence electrons. The first kappa shape index (κ1) is 14.6. The average Bonchev–Trinajstić information content (AvgIpc) is 3.24. The number of rotatable bonds is 5. The summed E-state index contributed by atoms with van der Waals surface area (Å²) in [5.74, 6) is 1.66. The Morgan fingerprint density at radius 3 is 2.73 bits per heavy atom. The van der Waals surface area contributed by atoms with Crippen molar-refractivity contribution in [1.82, 2.24) is 15.1 Å². The third-order valence-electron chi connectivity index (χ3n) is 3.83. The fourth-order valence-corrected chi connectivity index (χ4v) is 2.51. The highest BCUT2D eigenvalue weighted by Crippen LogP contribution is 2.15. The Hall–Kier alpha value is -2.31. The van der Waals surface area contributed by atoms with Crippen LogP contribution in [-0.2, 0) is 17.6 Å². The molecule has 1 aliphatic rings. The molecule has 2 aromatic rings. The zero-order valence-electron chi connectivity index (χ0n) is 12.7. The fourth-order valence-electron chi connectivity index (χ4n) is 2.51. The smallest absolute Gasteiger partial charge is 0.318 e. The van der Waals surface area contributed by atoms with E-state index >= 15 is 0 Å². The minimum Gasteiger partial charge on any atom is -0.469 e. The lowest BCUT2D eigenvalue weighted by molar-refractivity contribution is -0.131. The fraction of sp³-hybridized carbons (Fsp3) is 0.533. The Morgan fingerprint density at radius 2 is 2.09 bits per heavy atom. The van der Waals surface area contributed by atoms with Gasteiger partial charge in [0.15, 0.2) is 0 Å². The van der Waals surface area contributed by atoms with Crippen molar-refractivity contribution in [2.75, 3.05) is 31.1 Å². The first-order valence-electron chi connectivity index (χ1n) is 7.63. The Labute approximate surface area is 128 Å². The first-order valence-corrected chi connectivity index (χ1v) is 7.63. The van der Waals surface area contributed by atoms with E-state index in [9.17, 15) is 4.79 Å². The van der Waals surface area contributed by atoms with Gasteiger partial charge in [-0.05, 0) is 12.1 Å². The van der Waals surface area contributed by atoms with Crippen LogP contribution in [0.25, 0.3) is 0 Å². The van der Waals surface area contributed by atoms with E-state index in [4.69, 9.17) is 8.83 Å². The van der Waals surface area contributed by atoms with Crippen LogP contribution in [0.2, 0.25) is 0 Å². The summed E-state index contributed by atoms with van der Waals surface area (Å²) in [6.45, 7) is 4.78. The second-order valence-corrected chi connectivity index (χ2v) is 5.28. The number of carbonyl (C=O) groups is 1. The van der Waals surface area contributed by atoms with Crippen LogP contribution in [0.15, 0.2) is 27.2 Å². The molecule has 7 nitrogen and oxygen atoms in total. The molecule has 0 atom stereocenters. The largest absolute Gasteiger partial charge is 0.469 e. The van der Waals surface area contributed by atoms with Crippen LogP contribution in [0.4, 0.5) is 6.01 Å². The molecule has 0 aliphatic carbocycles. The van der Waals surface area contributed by atoms with Crippen LogP contribution < -0.4 is 4.90 Å². The first-order chi connectivity index (χ1) is 10.8. The standard InChI is InChI=1S/C15H20N4O3/c1-2-13-16-17-15(22-13)19-9-7-18(8-10-19)14(20)6-5-12-4-3-11-21-12/h3-4,11H,2,5-10H2,1H3. The number of furan rings is 1. The molecule has 7 heteroatoms. The van der Waals surface area contributed by atoms with E-state index in [1.165, 1.54) is 0 Å². The molecule has 0 N–H and O–H groups in total. The van der Waals surface area contributed by atoms with E-state index in [1.807, 2.05) is 28.9 Å². The summed E-state index contributed by atoms with van der Waals surface area (Å²) in [5, 5.41) is 8.02. The van der Waals surface area contributed by atoms with Gasteiger partial charge in [0.05, 0.1) is 6.26 Å². The number of piperazine rings is 1. The van der Waals surface area contributed by atoms with Crippen LogP contribution >= 0.6 is 0 Å². The molecule has 0 spiro atoms. The van der Waals surface area contributed by atoms with Crippen LogP contribution in [-0.4, -0.2) is 47.2 Å². The highest BCUT2D eigenvalue weighted by atomic mass is 16.4. The molecule has 2 aromatic heterocycles. The number of anilines is 1. The minimum atomic E-state index is 0.163. The normalized spacial score (nSPS) is 15.3. The number of aryl methyl sites for hydroxylation is 2. The number of nitrogens with zero attached hydrogens (tertiary/aromatic N) is 4. The van der Waals surface area contributed by atoms with E-state index in [0.717, 1.165) is 25.3 Å².